The molecule has 8 aromatic carbocycles. The SMILES string of the molecule is c1ccc(-c2cc(-c3ccccc3)cc(-n3c4ccccc4c4cnc5c6c(ccc5c43)-c3ccccc3C6(c3ccccc3)c3ccccc3)c2)cc1. The first-order valence-corrected chi connectivity index (χ1v) is 18.6. The number of para-hydroxylation sites is 1. The predicted octanol–water partition coefficient (Wildman–Crippen LogP) is 13.0. The largest absolute Gasteiger partial charge is 0.308 e. The number of pyridine rings is 1. The van der Waals surface area contributed by atoms with Gasteiger partial charge in [-0.1, -0.05) is 176 Å². The number of aromatic nitrogens is 2. The lowest BCUT2D eigenvalue weighted by atomic mass is 9.67. The summed E-state index contributed by atoms with van der Waals surface area (Å²) in [6.07, 6.45) is 2.12. The highest BCUT2D eigenvalue weighted by Gasteiger charge is 2.47. The third-order valence-electron chi connectivity index (χ3n) is 11.5. The maximum atomic E-state index is 5.48. The van der Waals surface area contributed by atoms with E-state index >= 15 is 0 Å². The van der Waals surface area contributed by atoms with Gasteiger partial charge in [-0.2, -0.15) is 0 Å². The van der Waals surface area contributed by atoms with Gasteiger partial charge in [0.1, 0.15) is 0 Å². The lowest BCUT2D eigenvalue weighted by molar-refractivity contribution is 0.773. The molecular weight excluding hydrogens is 653 g/mol. The molecule has 0 amide bonds. The second-order valence-corrected chi connectivity index (χ2v) is 14.3. The van der Waals surface area contributed by atoms with Crippen molar-refractivity contribution in [3.8, 4) is 39.1 Å². The Labute approximate surface area is 314 Å². The molecule has 0 saturated carbocycles. The summed E-state index contributed by atoms with van der Waals surface area (Å²) in [5.41, 5.74) is 16.1. The number of rotatable bonds is 5. The average Bonchev–Trinajstić information content (AvgIpc) is 3.76. The zero-order valence-corrected chi connectivity index (χ0v) is 29.5. The van der Waals surface area contributed by atoms with Gasteiger partial charge in [0.2, 0.25) is 0 Å². The molecule has 0 radical (unpaired) electrons. The van der Waals surface area contributed by atoms with E-state index in [1.165, 1.54) is 66.5 Å². The lowest BCUT2D eigenvalue weighted by Crippen LogP contribution is -2.29. The minimum atomic E-state index is -0.556. The zero-order chi connectivity index (χ0) is 35.6. The average molecular weight is 687 g/mol. The highest BCUT2D eigenvalue weighted by Crippen LogP contribution is 2.58. The van der Waals surface area contributed by atoms with Gasteiger partial charge >= 0.3 is 0 Å². The molecule has 54 heavy (non-hydrogen) atoms. The van der Waals surface area contributed by atoms with Crippen LogP contribution in [0.15, 0.2) is 206 Å². The number of nitrogens with zero attached hydrogens (tertiary/aromatic N) is 2. The Morgan fingerprint density at radius 1 is 0.407 bits per heavy atom. The Kier molecular flexibility index (Phi) is 6.80. The summed E-state index contributed by atoms with van der Waals surface area (Å²) < 4.78 is 2.48. The van der Waals surface area contributed by atoms with Crippen molar-refractivity contribution in [3.63, 3.8) is 0 Å². The number of fused-ring (bicyclic) bond motifs is 9. The summed E-state index contributed by atoms with van der Waals surface area (Å²) >= 11 is 0. The van der Waals surface area contributed by atoms with Crippen LogP contribution in [-0.2, 0) is 5.41 Å². The molecule has 1 aliphatic rings. The smallest absolute Gasteiger partial charge is 0.0777 e. The van der Waals surface area contributed by atoms with E-state index in [-0.39, 0.29) is 0 Å². The molecular formula is C52H34N2. The summed E-state index contributed by atoms with van der Waals surface area (Å²) in [6.45, 7) is 0. The van der Waals surface area contributed by atoms with E-state index in [0.717, 1.165) is 27.5 Å². The van der Waals surface area contributed by atoms with E-state index < -0.39 is 5.41 Å². The summed E-state index contributed by atoms with van der Waals surface area (Å²) in [4.78, 5) is 5.48. The fraction of sp³-hybridized carbons (Fsp3) is 0.0192. The van der Waals surface area contributed by atoms with Crippen LogP contribution in [0.4, 0.5) is 0 Å². The highest BCUT2D eigenvalue weighted by molar-refractivity contribution is 6.19. The van der Waals surface area contributed by atoms with Crippen molar-refractivity contribution < 1.29 is 0 Å². The van der Waals surface area contributed by atoms with Gasteiger partial charge in [-0.05, 0) is 74.3 Å². The van der Waals surface area contributed by atoms with Crippen molar-refractivity contribution in [2.45, 2.75) is 5.41 Å². The van der Waals surface area contributed by atoms with E-state index in [1.807, 2.05) is 0 Å². The molecule has 2 nitrogen and oxygen atoms in total. The molecule has 0 aliphatic heterocycles. The molecule has 0 N–H and O–H groups in total. The topological polar surface area (TPSA) is 17.8 Å². The van der Waals surface area contributed by atoms with Crippen LogP contribution >= 0.6 is 0 Å². The van der Waals surface area contributed by atoms with Gasteiger partial charge in [-0.25, -0.2) is 0 Å². The predicted molar refractivity (Wildman–Crippen MR) is 224 cm³/mol. The van der Waals surface area contributed by atoms with Gasteiger partial charge in [0.25, 0.3) is 0 Å². The van der Waals surface area contributed by atoms with E-state index in [1.54, 1.807) is 0 Å². The molecule has 10 aromatic rings. The summed E-state index contributed by atoms with van der Waals surface area (Å²) in [6, 6.07) is 72.9. The van der Waals surface area contributed by atoms with Crippen molar-refractivity contribution in [2.24, 2.45) is 0 Å². The molecule has 0 atom stereocenters. The first-order valence-electron chi connectivity index (χ1n) is 18.6. The highest BCUT2D eigenvalue weighted by atomic mass is 15.0. The lowest BCUT2D eigenvalue weighted by Gasteiger charge is -2.34. The molecule has 252 valence electrons. The van der Waals surface area contributed by atoms with Crippen LogP contribution in [0.5, 0.6) is 0 Å². The monoisotopic (exact) mass is 686 g/mol. The van der Waals surface area contributed by atoms with E-state index in [9.17, 15) is 0 Å². The minimum Gasteiger partial charge on any atom is -0.308 e. The van der Waals surface area contributed by atoms with Crippen LogP contribution in [0.1, 0.15) is 22.3 Å². The van der Waals surface area contributed by atoms with Gasteiger partial charge in [-0.3, -0.25) is 4.98 Å². The first kappa shape index (κ1) is 30.6. The molecule has 2 heteroatoms. The number of hydrogen-bond acceptors (Lipinski definition) is 1. The molecule has 0 fully saturated rings. The Bertz CT molecular complexity index is 2920. The van der Waals surface area contributed by atoms with E-state index in [0.29, 0.717) is 0 Å². The summed E-state index contributed by atoms with van der Waals surface area (Å²) in [5.74, 6) is 0. The molecule has 0 saturated heterocycles. The Morgan fingerprint density at radius 3 is 1.61 bits per heavy atom. The normalized spacial score (nSPS) is 13.0. The number of hydrogen-bond donors (Lipinski definition) is 0. The molecule has 2 heterocycles. The van der Waals surface area contributed by atoms with Gasteiger partial charge in [0, 0.05) is 33.6 Å². The zero-order valence-electron chi connectivity index (χ0n) is 29.5. The van der Waals surface area contributed by atoms with Crippen molar-refractivity contribution in [3.05, 3.63) is 229 Å². The maximum Gasteiger partial charge on any atom is 0.0777 e. The van der Waals surface area contributed by atoms with E-state index in [2.05, 4.69) is 211 Å². The third kappa shape index (κ3) is 4.38. The Morgan fingerprint density at radius 2 is 0.963 bits per heavy atom. The van der Waals surface area contributed by atoms with E-state index in [4.69, 9.17) is 4.98 Å². The van der Waals surface area contributed by atoms with Crippen LogP contribution in [0.25, 0.3) is 71.8 Å². The maximum absolute atomic E-state index is 5.48. The van der Waals surface area contributed by atoms with Gasteiger partial charge < -0.3 is 4.57 Å². The van der Waals surface area contributed by atoms with Crippen LogP contribution in [0.3, 0.4) is 0 Å². The fourth-order valence-corrected chi connectivity index (χ4v) is 9.24. The van der Waals surface area contributed by atoms with Gasteiger partial charge in [-0.15, -0.1) is 0 Å². The van der Waals surface area contributed by atoms with Crippen molar-refractivity contribution >= 4 is 32.7 Å². The number of benzene rings is 8. The third-order valence-corrected chi connectivity index (χ3v) is 11.5. The molecule has 0 unspecified atom stereocenters. The van der Waals surface area contributed by atoms with Crippen molar-refractivity contribution in [1.29, 1.82) is 0 Å². The van der Waals surface area contributed by atoms with Crippen LogP contribution in [0.2, 0.25) is 0 Å². The molecule has 11 rings (SSSR count). The Hall–Kier alpha value is -7.03. The Balaban J connectivity index is 1.29. The fourth-order valence-electron chi connectivity index (χ4n) is 9.24. The minimum absolute atomic E-state index is 0.556. The quantitative estimate of drug-likeness (QED) is 0.176. The second-order valence-electron chi connectivity index (χ2n) is 14.3. The van der Waals surface area contributed by atoms with Crippen molar-refractivity contribution in [1.82, 2.24) is 9.55 Å². The second kappa shape index (κ2) is 12.0. The van der Waals surface area contributed by atoms with Crippen LogP contribution < -0.4 is 0 Å². The van der Waals surface area contributed by atoms with Crippen molar-refractivity contribution in [2.75, 3.05) is 0 Å². The molecule has 0 bridgehead atoms. The molecule has 1 aliphatic carbocycles. The standard InChI is InChI=1S/C52H34N2/c1-5-17-35(18-6-1)37-31-38(36-19-7-2-8-20-36)33-41(32-37)54-48-28-16-14-26-43(48)46-34-53-50-45(51(46)54)30-29-44-42-25-13-15-27-47(42)52(49(44)50,39-21-9-3-10-22-39)40-23-11-4-12-24-40/h1-34H. The molecule has 0 spiro atoms. The van der Waals surface area contributed by atoms with Crippen LogP contribution in [0, 0.1) is 0 Å². The molecule has 2 aromatic heterocycles. The van der Waals surface area contributed by atoms with Crippen LogP contribution in [-0.4, -0.2) is 9.55 Å². The van der Waals surface area contributed by atoms with Gasteiger partial charge in [0.15, 0.2) is 0 Å². The van der Waals surface area contributed by atoms with Gasteiger partial charge in [0.05, 0.1) is 22.0 Å². The summed E-state index contributed by atoms with van der Waals surface area (Å²) in [7, 11) is 0. The summed E-state index contributed by atoms with van der Waals surface area (Å²) in [5, 5.41) is 3.47. The first-order chi connectivity index (χ1) is 26.8.